The maximum atomic E-state index is 11.4. The lowest BCUT2D eigenvalue weighted by atomic mass is 10.2. The number of ether oxygens (including phenoxy) is 2. The highest BCUT2D eigenvalue weighted by molar-refractivity contribution is 7.09. The third-order valence-corrected chi connectivity index (χ3v) is 3.04. The maximum Gasteiger partial charge on any atom is 0.323 e. The van der Waals surface area contributed by atoms with E-state index in [0.29, 0.717) is 19.6 Å². The van der Waals surface area contributed by atoms with Crippen molar-refractivity contribution < 1.29 is 14.3 Å². The van der Waals surface area contributed by atoms with Crippen molar-refractivity contribution in [2.24, 2.45) is 5.73 Å². The summed E-state index contributed by atoms with van der Waals surface area (Å²) in [6.07, 6.45) is 1.24. The van der Waals surface area contributed by atoms with Gasteiger partial charge in [0.05, 0.1) is 6.61 Å². The van der Waals surface area contributed by atoms with Crippen LogP contribution in [-0.4, -0.2) is 32.3 Å². The third kappa shape index (κ3) is 4.74. The van der Waals surface area contributed by atoms with Gasteiger partial charge >= 0.3 is 5.97 Å². The molecule has 0 radical (unpaired) electrons. The van der Waals surface area contributed by atoms with Crippen LogP contribution in [0.15, 0.2) is 17.5 Å². The number of esters is 1. The van der Waals surface area contributed by atoms with E-state index in [2.05, 4.69) is 0 Å². The van der Waals surface area contributed by atoms with E-state index in [-0.39, 0.29) is 5.97 Å². The molecule has 5 heteroatoms. The quantitative estimate of drug-likeness (QED) is 0.731. The number of rotatable bonds is 7. The van der Waals surface area contributed by atoms with Gasteiger partial charge in [0.25, 0.3) is 0 Å². The minimum absolute atomic E-state index is 0.353. The van der Waals surface area contributed by atoms with E-state index in [1.165, 1.54) is 4.88 Å². The first-order chi connectivity index (χ1) is 7.74. The molecule has 1 aromatic rings. The molecular weight excluding hydrogens is 226 g/mol. The highest BCUT2D eigenvalue weighted by atomic mass is 32.1. The van der Waals surface area contributed by atoms with Crippen LogP contribution in [0.5, 0.6) is 0 Å². The number of carbonyl (C=O) groups is 1. The first kappa shape index (κ1) is 13.2. The van der Waals surface area contributed by atoms with Crippen LogP contribution in [-0.2, 0) is 20.7 Å². The Labute approximate surface area is 99.4 Å². The summed E-state index contributed by atoms with van der Waals surface area (Å²) in [6, 6.07) is 3.42. The second-order valence-electron chi connectivity index (χ2n) is 3.38. The van der Waals surface area contributed by atoms with Gasteiger partial charge in [-0.15, -0.1) is 11.3 Å². The Kier molecular flexibility index (Phi) is 6.07. The second-order valence-corrected chi connectivity index (χ2v) is 4.42. The third-order valence-electron chi connectivity index (χ3n) is 2.11. The van der Waals surface area contributed by atoms with E-state index < -0.39 is 6.04 Å². The van der Waals surface area contributed by atoms with Crippen LogP contribution in [0.25, 0.3) is 0 Å². The largest absolute Gasteiger partial charge is 0.464 e. The van der Waals surface area contributed by atoms with Gasteiger partial charge in [-0.3, -0.25) is 4.79 Å². The van der Waals surface area contributed by atoms with Crippen LogP contribution in [0.2, 0.25) is 0 Å². The Morgan fingerprint density at radius 1 is 1.56 bits per heavy atom. The lowest BCUT2D eigenvalue weighted by Crippen LogP contribution is -2.33. The monoisotopic (exact) mass is 243 g/mol. The predicted octanol–water partition coefficient (Wildman–Crippen LogP) is 1.20. The average molecular weight is 243 g/mol. The molecule has 0 saturated heterocycles. The van der Waals surface area contributed by atoms with E-state index in [1.807, 2.05) is 17.5 Å². The number of nitrogens with two attached hydrogens (primary N) is 1. The van der Waals surface area contributed by atoms with Gasteiger partial charge in [0, 0.05) is 25.0 Å². The van der Waals surface area contributed by atoms with Crippen molar-refractivity contribution in [2.45, 2.75) is 18.9 Å². The molecule has 0 spiro atoms. The van der Waals surface area contributed by atoms with Crippen molar-refractivity contribution in [3.63, 3.8) is 0 Å². The summed E-state index contributed by atoms with van der Waals surface area (Å²) in [5, 5.41) is 2.00. The average Bonchev–Trinajstić information content (AvgIpc) is 2.78. The molecule has 0 aromatic carbocycles. The fourth-order valence-corrected chi connectivity index (χ4v) is 1.87. The molecule has 1 atom stereocenters. The molecule has 0 saturated carbocycles. The molecule has 0 fully saturated rings. The number of hydrogen-bond acceptors (Lipinski definition) is 5. The SMILES string of the molecule is COCCC(N)C(=O)OCCc1cccs1. The maximum absolute atomic E-state index is 11.4. The van der Waals surface area contributed by atoms with Crippen molar-refractivity contribution in [2.75, 3.05) is 20.3 Å². The van der Waals surface area contributed by atoms with E-state index in [0.717, 1.165) is 6.42 Å². The van der Waals surface area contributed by atoms with Crippen molar-refractivity contribution in [1.82, 2.24) is 0 Å². The number of hydrogen-bond donors (Lipinski definition) is 1. The van der Waals surface area contributed by atoms with E-state index in [4.69, 9.17) is 15.2 Å². The zero-order valence-corrected chi connectivity index (χ0v) is 10.2. The van der Waals surface area contributed by atoms with E-state index in [9.17, 15) is 4.79 Å². The van der Waals surface area contributed by atoms with Crippen molar-refractivity contribution >= 4 is 17.3 Å². The fourth-order valence-electron chi connectivity index (χ4n) is 1.18. The highest BCUT2D eigenvalue weighted by Gasteiger charge is 2.14. The number of carbonyl (C=O) groups excluding carboxylic acids is 1. The molecule has 4 nitrogen and oxygen atoms in total. The lowest BCUT2D eigenvalue weighted by molar-refractivity contribution is -0.145. The van der Waals surface area contributed by atoms with Gasteiger partial charge in [-0.25, -0.2) is 0 Å². The Balaban J connectivity index is 2.14. The van der Waals surface area contributed by atoms with E-state index in [1.54, 1.807) is 18.4 Å². The van der Waals surface area contributed by atoms with Crippen LogP contribution in [0.1, 0.15) is 11.3 Å². The zero-order valence-electron chi connectivity index (χ0n) is 9.35. The van der Waals surface area contributed by atoms with Gasteiger partial charge in [-0.2, -0.15) is 0 Å². The molecular formula is C11H17NO3S. The topological polar surface area (TPSA) is 61.5 Å². The summed E-state index contributed by atoms with van der Waals surface area (Å²) in [6.45, 7) is 0.862. The molecule has 2 N–H and O–H groups in total. The van der Waals surface area contributed by atoms with Crippen molar-refractivity contribution in [3.8, 4) is 0 Å². The Morgan fingerprint density at radius 2 is 2.38 bits per heavy atom. The normalized spacial score (nSPS) is 12.4. The van der Waals surface area contributed by atoms with Gasteiger partial charge in [0.15, 0.2) is 0 Å². The minimum atomic E-state index is -0.580. The molecule has 1 aromatic heterocycles. The van der Waals surface area contributed by atoms with Crippen LogP contribution in [0.3, 0.4) is 0 Å². The first-order valence-electron chi connectivity index (χ1n) is 5.17. The van der Waals surface area contributed by atoms with Crippen molar-refractivity contribution in [1.29, 1.82) is 0 Å². The lowest BCUT2D eigenvalue weighted by Gasteiger charge is -2.10. The molecule has 0 aliphatic rings. The Hall–Kier alpha value is -0.910. The summed E-state index contributed by atoms with van der Waals surface area (Å²) in [4.78, 5) is 12.6. The smallest absolute Gasteiger partial charge is 0.323 e. The molecule has 0 bridgehead atoms. The molecule has 1 heterocycles. The summed E-state index contributed by atoms with van der Waals surface area (Å²) < 4.78 is 9.90. The molecule has 16 heavy (non-hydrogen) atoms. The van der Waals surface area contributed by atoms with Gasteiger partial charge in [-0.05, 0) is 17.9 Å². The Morgan fingerprint density at radius 3 is 3.00 bits per heavy atom. The molecule has 90 valence electrons. The Bertz CT molecular complexity index is 300. The molecule has 0 aliphatic carbocycles. The molecule has 1 unspecified atom stereocenters. The van der Waals surface area contributed by atoms with Gasteiger partial charge in [0.2, 0.25) is 0 Å². The summed E-state index contributed by atoms with van der Waals surface area (Å²) in [5.41, 5.74) is 5.61. The van der Waals surface area contributed by atoms with Gasteiger partial charge in [-0.1, -0.05) is 6.07 Å². The van der Waals surface area contributed by atoms with Crippen molar-refractivity contribution in [3.05, 3.63) is 22.4 Å². The standard InChI is InChI=1S/C11H17NO3S/c1-14-6-5-10(12)11(13)15-7-4-9-3-2-8-16-9/h2-3,8,10H,4-7,12H2,1H3. The fraction of sp³-hybridized carbons (Fsp3) is 0.545. The number of methoxy groups -OCH3 is 1. The van der Waals surface area contributed by atoms with E-state index >= 15 is 0 Å². The van der Waals surface area contributed by atoms with Gasteiger partial charge < -0.3 is 15.2 Å². The highest BCUT2D eigenvalue weighted by Crippen LogP contribution is 2.09. The summed E-state index contributed by atoms with van der Waals surface area (Å²) >= 11 is 1.65. The van der Waals surface area contributed by atoms with Crippen LogP contribution >= 0.6 is 11.3 Å². The zero-order chi connectivity index (χ0) is 11.8. The first-order valence-corrected chi connectivity index (χ1v) is 6.05. The molecule has 1 rings (SSSR count). The molecule has 0 amide bonds. The van der Waals surface area contributed by atoms with Crippen LogP contribution in [0, 0.1) is 0 Å². The summed E-state index contributed by atoms with van der Waals surface area (Å²) in [7, 11) is 1.58. The van der Waals surface area contributed by atoms with Crippen LogP contribution in [0.4, 0.5) is 0 Å². The molecule has 0 aliphatic heterocycles. The number of thiophene rings is 1. The minimum Gasteiger partial charge on any atom is -0.464 e. The predicted molar refractivity (Wildman–Crippen MR) is 63.5 cm³/mol. The van der Waals surface area contributed by atoms with Crippen LogP contribution < -0.4 is 5.73 Å². The van der Waals surface area contributed by atoms with Gasteiger partial charge in [0.1, 0.15) is 6.04 Å². The summed E-state index contributed by atoms with van der Waals surface area (Å²) in [5.74, 6) is -0.353. The second kappa shape index (κ2) is 7.38.